The molecule has 2 aliphatic carbocycles. The molecule has 2 fully saturated rings. The van der Waals surface area contributed by atoms with Crippen molar-refractivity contribution < 1.29 is 4.74 Å². The van der Waals surface area contributed by atoms with Crippen LogP contribution in [0.3, 0.4) is 0 Å². The monoisotopic (exact) mass is 273 g/mol. The first-order valence-electron chi connectivity index (χ1n) is 8.25. The van der Waals surface area contributed by atoms with E-state index in [2.05, 4.69) is 36.5 Å². The van der Waals surface area contributed by atoms with Crippen LogP contribution in [0.1, 0.15) is 51.0 Å². The number of ether oxygens (including phenoxy) is 1. The van der Waals surface area contributed by atoms with E-state index in [1.165, 1.54) is 44.2 Å². The minimum atomic E-state index is 0.698. The molecule has 0 radical (unpaired) electrons. The van der Waals surface area contributed by atoms with Gasteiger partial charge in [-0.2, -0.15) is 0 Å². The van der Waals surface area contributed by atoms with Crippen molar-refractivity contribution in [2.45, 2.75) is 52.0 Å². The van der Waals surface area contributed by atoms with E-state index in [0.717, 1.165) is 31.2 Å². The maximum atomic E-state index is 5.69. The molecule has 0 heterocycles. The summed E-state index contributed by atoms with van der Waals surface area (Å²) < 4.78 is 5.69. The highest BCUT2D eigenvalue weighted by Gasteiger charge is 2.53. The zero-order valence-corrected chi connectivity index (χ0v) is 12.7. The highest BCUT2D eigenvalue weighted by Crippen LogP contribution is 2.60. The van der Waals surface area contributed by atoms with Crippen molar-refractivity contribution in [2.75, 3.05) is 13.2 Å². The van der Waals surface area contributed by atoms with Gasteiger partial charge >= 0.3 is 0 Å². The van der Waals surface area contributed by atoms with E-state index in [4.69, 9.17) is 4.74 Å². The van der Waals surface area contributed by atoms with Crippen LogP contribution in [0.5, 0.6) is 5.75 Å². The number of hydrogen-bond donors (Lipinski definition) is 1. The second-order valence-corrected chi connectivity index (χ2v) is 6.59. The minimum absolute atomic E-state index is 0.698. The third kappa shape index (κ3) is 3.54. The standard InChI is InChI=1S/C18H27NO/c1-2-3-12-20-17-8-4-15(5-9-17)13-19-14-18(10-11-18)16-6-7-16/h4-5,8-9,16,19H,2-3,6-7,10-14H2,1H3. The number of nitrogens with one attached hydrogen (secondary N) is 1. The SMILES string of the molecule is CCCCOc1ccc(CNCC2(C3CC3)CC2)cc1. The molecule has 0 saturated heterocycles. The molecule has 0 amide bonds. The molecule has 2 saturated carbocycles. The molecule has 110 valence electrons. The summed E-state index contributed by atoms with van der Waals surface area (Å²) in [6.07, 6.45) is 8.18. The van der Waals surface area contributed by atoms with E-state index < -0.39 is 0 Å². The van der Waals surface area contributed by atoms with Crippen LogP contribution in [0, 0.1) is 11.3 Å². The van der Waals surface area contributed by atoms with Crippen molar-refractivity contribution >= 4 is 0 Å². The van der Waals surface area contributed by atoms with E-state index in [9.17, 15) is 0 Å². The lowest BCUT2D eigenvalue weighted by Gasteiger charge is -2.15. The van der Waals surface area contributed by atoms with Crippen LogP contribution in [0.2, 0.25) is 0 Å². The third-order valence-electron chi connectivity index (χ3n) is 4.83. The number of hydrogen-bond acceptors (Lipinski definition) is 2. The predicted molar refractivity (Wildman–Crippen MR) is 82.9 cm³/mol. The fourth-order valence-electron chi connectivity index (χ4n) is 3.08. The van der Waals surface area contributed by atoms with Crippen LogP contribution in [0.4, 0.5) is 0 Å². The van der Waals surface area contributed by atoms with Gasteiger partial charge < -0.3 is 10.1 Å². The molecule has 1 aromatic carbocycles. The van der Waals surface area contributed by atoms with Crippen LogP contribution in [0.15, 0.2) is 24.3 Å². The Morgan fingerprint density at radius 2 is 1.95 bits per heavy atom. The highest BCUT2D eigenvalue weighted by atomic mass is 16.5. The summed E-state index contributed by atoms with van der Waals surface area (Å²) in [5.41, 5.74) is 2.06. The van der Waals surface area contributed by atoms with Crippen LogP contribution in [-0.2, 0) is 6.54 Å². The Kier molecular flexibility index (Phi) is 4.30. The van der Waals surface area contributed by atoms with Gasteiger partial charge in [-0.05, 0) is 61.1 Å². The van der Waals surface area contributed by atoms with Gasteiger partial charge in [0.2, 0.25) is 0 Å². The summed E-state index contributed by atoms with van der Waals surface area (Å²) in [4.78, 5) is 0. The molecule has 0 bridgehead atoms. The lowest BCUT2D eigenvalue weighted by Crippen LogP contribution is -2.24. The van der Waals surface area contributed by atoms with Gasteiger partial charge in [-0.25, -0.2) is 0 Å². The average molecular weight is 273 g/mol. The van der Waals surface area contributed by atoms with E-state index in [1.54, 1.807) is 0 Å². The molecule has 0 aromatic heterocycles. The number of rotatable bonds is 9. The molecule has 1 N–H and O–H groups in total. The van der Waals surface area contributed by atoms with Gasteiger partial charge in [0.25, 0.3) is 0 Å². The van der Waals surface area contributed by atoms with Crippen molar-refractivity contribution in [1.82, 2.24) is 5.32 Å². The normalized spacial score (nSPS) is 19.9. The minimum Gasteiger partial charge on any atom is -0.494 e. The van der Waals surface area contributed by atoms with Gasteiger partial charge in [-0.1, -0.05) is 25.5 Å². The first kappa shape index (κ1) is 13.9. The van der Waals surface area contributed by atoms with Crippen molar-refractivity contribution in [3.8, 4) is 5.75 Å². The molecule has 0 spiro atoms. The summed E-state index contributed by atoms with van der Waals surface area (Å²) in [6.45, 7) is 5.22. The molecule has 20 heavy (non-hydrogen) atoms. The summed E-state index contributed by atoms with van der Waals surface area (Å²) in [6, 6.07) is 8.57. The third-order valence-corrected chi connectivity index (χ3v) is 4.83. The molecular formula is C18H27NO. The quantitative estimate of drug-likeness (QED) is 0.683. The lowest BCUT2D eigenvalue weighted by atomic mass is 10.0. The van der Waals surface area contributed by atoms with E-state index >= 15 is 0 Å². The highest BCUT2D eigenvalue weighted by molar-refractivity contribution is 5.27. The Balaban J connectivity index is 1.39. The summed E-state index contributed by atoms with van der Waals surface area (Å²) in [5, 5.41) is 3.66. The molecular weight excluding hydrogens is 246 g/mol. The molecule has 3 rings (SSSR count). The summed E-state index contributed by atoms with van der Waals surface area (Å²) in [7, 11) is 0. The van der Waals surface area contributed by atoms with Gasteiger partial charge in [0.1, 0.15) is 5.75 Å². The molecule has 2 nitrogen and oxygen atoms in total. The molecule has 0 unspecified atom stereocenters. The van der Waals surface area contributed by atoms with Crippen molar-refractivity contribution in [3.05, 3.63) is 29.8 Å². The van der Waals surface area contributed by atoms with Crippen molar-refractivity contribution in [3.63, 3.8) is 0 Å². The fraction of sp³-hybridized carbons (Fsp3) is 0.667. The Labute approximate surface area is 122 Å². The zero-order valence-electron chi connectivity index (χ0n) is 12.7. The van der Waals surface area contributed by atoms with Gasteiger partial charge in [-0.15, -0.1) is 0 Å². The molecule has 0 atom stereocenters. The van der Waals surface area contributed by atoms with E-state index in [1.807, 2.05) is 0 Å². The smallest absolute Gasteiger partial charge is 0.119 e. The van der Waals surface area contributed by atoms with E-state index in [0.29, 0.717) is 5.41 Å². The Hall–Kier alpha value is -1.02. The second kappa shape index (κ2) is 6.17. The van der Waals surface area contributed by atoms with Gasteiger partial charge in [0.05, 0.1) is 6.61 Å². The van der Waals surface area contributed by atoms with Gasteiger partial charge in [-0.3, -0.25) is 0 Å². The molecule has 2 heteroatoms. The van der Waals surface area contributed by atoms with Crippen molar-refractivity contribution in [2.24, 2.45) is 11.3 Å². The van der Waals surface area contributed by atoms with Crippen molar-refractivity contribution in [1.29, 1.82) is 0 Å². The van der Waals surface area contributed by atoms with Crippen LogP contribution < -0.4 is 10.1 Å². The maximum absolute atomic E-state index is 5.69. The Bertz CT molecular complexity index is 418. The maximum Gasteiger partial charge on any atom is 0.119 e. The average Bonchev–Trinajstić information content (AvgIpc) is 3.34. The van der Waals surface area contributed by atoms with Crippen LogP contribution >= 0.6 is 0 Å². The summed E-state index contributed by atoms with van der Waals surface area (Å²) >= 11 is 0. The van der Waals surface area contributed by atoms with Gasteiger partial charge in [0, 0.05) is 13.1 Å². The second-order valence-electron chi connectivity index (χ2n) is 6.59. The molecule has 2 aliphatic rings. The fourth-order valence-corrected chi connectivity index (χ4v) is 3.08. The van der Waals surface area contributed by atoms with Gasteiger partial charge in [0.15, 0.2) is 0 Å². The first-order valence-corrected chi connectivity index (χ1v) is 8.25. The summed E-state index contributed by atoms with van der Waals surface area (Å²) in [5.74, 6) is 2.04. The Morgan fingerprint density at radius 3 is 2.55 bits per heavy atom. The van der Waals surface area contributed by atoms with Crippen LogP contribution in [-0.4, -0.2) is 13.2 Å². The zero-order chi connectivity index (χ0) is 13.8. The van der Waals surface area contributed by atoms with Crippen LogP contribution in [0.25, 0.3) is 0 Å². The first-order chi connectivity index (χ1) is 9.82. The number of benzene rings is 1. The number of unbranched alkanes of at least 4 members (excludes halogenated alkanes) is 1. The topological polar surface area (TPSA) is 21.3 Å². The molecule has 0 aliphatic heterocycles. The predicted octanol–water partition coefficient (Wildman–Crippen LogP) is 4.15. The largest absolute Gasteiger partial charge is 0.494 e. The van der Waals surface area contributed by atoms with E-state index in [-0.39, 0.29) is 0 Å². The lowest BCUT2D eigenvalue weighted by molar-refractivity contribution is 0.309. The Morgan fingerprint density at radius 1 is 1.20 bits per heavy atom. The molecule has 1 aromatic rings.